The Morgan fingerprint density at radius 1 is 1.38 bits per heavy atom. The number of carbonyl (C=O) groups is 1. The highest BCUT2D eigenvalue weighted by Crippen LogP contribution is 2.12. The Morgan fingerprint density at radius 2 is 2.08 bits per heavy atom. The number of aliphatic hydroxyl groups excluding tert-OH is 1. The Hall–Kier alpha value is -1.39. The third-order valence-electron chi connectivity index (χ3n) is 1.74. The van der Waals surface area contributed by atoms with Gasteiger partial charge in [-0.2, -0.15) is 0 Å². The van der Waals surface area contributed by atoms with Crippen LogP contribution in [0.15, 0.2) is 18.2 Å². The molecular formula is C9H9O4. The Balaban J connectivity index is 3.18. The van der Waals surface area contributed by atoms with Crippen LogP contribution in [-0.2, 0) is 18.3 Å². The topological polar surface area (TPSA) is 77.4 Å². The zero-order valence-corrected chi connectivity index (χ0v) is 6.86. The van der Waals surface area contributed by atoms with Gasteiger partial charge in [0.05, 0.1) is 12.2 Å². The molecular weight excluding hydrogens is 172 g/mol. The standard InChI is InChI=1S/C9H9O4/c10-4-6-1-2-7(5-11)8(3-6)9(12)13/h1-3,10H,4-5H2,(H,12,13). The van der Waals surface area contributed by atoms with Crippen molar-refractivity contribution < 1.29 is 20.1 Å². The molecule has 1 aromatic carbocycles. The smallest absolute Gasteiger partial charge is 0.336 e. The number of rotatable bonds is 3. The first-order valence-corrected chi connectivity index (χ1v) is 3.73. The SMILES string of the molecule is [O]Cc1ccc(CO)cc1C(=O)O. The first kappa shape index (κ1) is 9.70. The van der Waals surface area contributed by atoms with Gasteiger partial charge in [-0.3, -0.25) is 0 Å². The third kappa shape index (κ3) is 2.05. The summed E-state index contributed by atoms with van der Waals surface area (Å²) >= 11 is 0. The number of benzene rings is 1. The quantitative estimate of drug-likeness (QED) is 0.724. The maximum atomic E-state index is 10.6. The van der Waals surface area contributed by atoms with Gasteiger partial charge in [-0.05, 0) is 17.2 Å². The zero-order chi connectivity index (χ0) is 9.84. The van der Waals surface area contributed by atoms with Crippen LogP contribution < -0.4 is 0 Å². The highest BCUT2D eigenvalue weighted by Gasteiger charge is 2.09. The molecule has 0 aliphatic carbocycles. The molecule has 1 radical (unpaired) electrons. The predicted octanol–water partition coefficient (Wildman–Crippen LogP) is 0.808. The van der Waals surface area contributed by atoms with Gasteiger partial charge in [-0.1, -0.05) is 12.1 Å². The van der Waals surface area contributed by atoms with Crippen LogP contribution in [0.3, 0.4) is 0 Å². The van der Waals surface area contributed by atoms with Crippen molar-refractivity contribution in [1.82, 2.24) is 0 Å². The minimum absolute atomic E-state index is 0.0263. The summed E-state index contributed by atoms with van der Waals surface area (Å²) in [5.74, 6) is -1.14. The van der Waals surface area contributed by atoms with E-state index in [-0.39, 0.29) is 17.7 Å². The number of hydrogen-bond donors (Lipinski definition) is 2. The van der Waals surface area contributed by atoms with Gasteiger partial charge in [-0.15, -0.1) is 0 Å². The van der Waals surface area contributed by atoms with E-state index in [9.17, 15) is 9.90 Å². The molecule has 0 heterocycles. The lowest BCUT2D eigenvalue weighted by Gasteiger charge is -2.03. The van der Waals surface area contributed by atoms with Crippen molar-refractivity contribution in [2.75, 3.05) is 0 Å². The molecule has 0 unspecified atom stereocenters. The molecule has 13 heavy (non-hydrogen) atoms. The molecule has 0 fully saturated rings. The number of hydrogen-bond acceptors (Lipinski definition) is 2. The Morgan fingerprint density at radius 3 is 2.54 bits per heavy atom. The van der Waals surface area contributed by atoms with Crippen molar-refractivity contribution in [2.45, 2.75) is 13.2 Å². The van der Waals surface area contributed by atoms with Crippen LogP contribution in [-0.4, -0.2) is 16.2 Å². The minimum atomic E-state index is -1.14. The van der Waals surface area contributed by atoms with Gasteiger partial charge in [0.15, 0.2) is 0 Å². The molecule has 0 atom stereocenters. The van der Waals surface area contributed by atoms with Crippen LogP contribution in [0.2, 0.25) is 0 Å². The molecule has 0 saturated heterocycles. The fourth-order valence-corrected chi connectivity index (χ4v) is 1.05. The van der Waals surface area contributed by atoms with Gasteiger partial charge < -0.3 is 10.2 Å². The van der Waals surface area contributed by atoms with E-state index in [0.29, 0.717) is 5.56 Å². The zero-order valence-electron chi connectivity index (χ0n) is 6.86. The van der Waals surface area contributed by atoms with E-state index < -0.39 is 12.6 Å². The molecule has 0 bridgehead atoms. The van der Waals surface area contributed by atoms with Gasteiger partial charge in [0.2, 0.25) is 0 Å². The Labute approximate surface area is 75.1 Å². The lowest BCUT2D eigenvalue weighted by atomic mass is 10.0. The molecule has 0 aliphatic heterocycles. The van der Waals surface area contributed by atoms with Crippen molar-refractivity contribution in [3.05, 3.63) is 34.9 Å². The molecule has 0 saturated carbocycles. The largest absolute Gasteiger partial charge is 0.478 e. The first-order chi connectivity index (χ1) is 6.19. The average Bonchev–Trinajstić information content (AvgIpc) is 2.16. The molecule has 4 heteroatoms. The molecule has 0 aliphatic rings. The summed E-state index contributed by atoms with van der Waals surface area (Å²) in [6, 6.07) is 4.29. The summed E-state index contributed by atoms with van der Waals surface area (Å²) < 4.78 is 0. The Kier molecular flexibility index (Phi) is 3.00. The number of carboxylic acid groups (broad SMARTS) is 1. The van der Waals surface area contributed by atoms with Crippen LogP contribution in [0.1, 0.15) is 21.5 Å². The number of aliphatic hydroxyl groups is 1. The lowest BCUT2D eigenvalue weighted by molar-refractivity contribution is 0.0690. The van der Waals surface area contributed by atoms with Gasteiger partial charge >= 0.3 is 5.97 Å². The molecule has 0 amide bonds. The number of carboxylic acids is 1. The summed E-state index contributed by atoms with van der Waals surface area (Å²) in [7, 11) is 0. The molecule has 1 aromatic rings. The van der Waals surface area contributed by atoms with Crippen molar-refractivity contribution in [1.29, 1.82) is 0 Å². The Bertz CT molecular complexity index is 319. The summed E-state index contributed by atoms with van der Waals surface area (Å²) in [5.41, 5.74) is 0.709. The second kappa shape index (κ2) is 4.02. The van der Waals surface area contributed by atoms with Crippen molar-refractivity contribution >= 4 is 5.97 Å². The molecule has 0 spiro atoms. The molecule has 4 nitrogen and oxygen atoms in total. The van der Waals surface area contributed by atoms with Crippen molar-refractivity contribution in [2.24, 2.45) is 0 Å². The maximum absolute atomic E-state index is 10.6. The average molecular weight is 181 g/mol. The number of aromatic carboxylic acids is 1. The molecule has 0 aromatic heterocycles. The normalized spacial score (nSPS) is 10.0. The van der Waals surface area contributed by atoms with E-state index in [1.54, 1.807) is 6.07 Å². The van der Waals surface area contributed by atoms with Gasteiger partial charge in [0, 0.05) is 0 Å². The summed E-state index contributed by atoms with van der Waals surface area (Å²) in [4.78, 5) is 10.6. The molecule has 1 rings (SSSR count). The van der Waals surface area contributed by atoms with E-state index in [0.717, 1.165) is 0 Å². The van der Waals surface area contributed by atoms with E-state index >= 15 is 0 Å². The van der Waals surface area contributed by atoms with Gasteiger partial charge in [0.1, 0.15) is 6.61 Å². The van der Waals surface area contributed by atoms with Crippen LogP contribution in [0.25, 0.3) is 0 Å². The summed E-state index contributed by atoms with van der Waals surface area (Å²) in [5, 5.41) is 28.0. The van der Waals surface area contributed by atoms with Crippen LogP contribution >= 0.6 is 0 Å². The van der Waals surface area contributed by atoms with Crippen molar-refractivity contribution in [3.8, 4) is 0 Å². The second-order valence-electron chi connectivity index (χ2n) is 2.60. The van der Waals surface area contributed by atoms with Crippen LogP contribution in [0.4, 0.5) is 0 Å². The summed E-state index contributed by atoms with van der Waals surface area (Å²) in [6.45, 7) is -0.785. The molecule has 2 N–H and O–H groups in total. The van der Waals surface area contributed by atoms with Crippen LogP contribution in [0, 0.1) is 0 Å². The predicted molar refractivity (Wildman–Crippen MR) is 43.7 cm³/mol. The first-order valence-electron chi connectivity index (χ1n) is 3.73. The molecule has 69 valence electrons. The van der Waals surface area contributed by atoms with Crippen LogP contribution in [0.5, 0.6) is 0 Å². The van der Waals surface area contributed by atoms with E-state index in [1.165, 1.54) is 12.1 Å². The van der Waals surface area contributed by atoms with Crippen molar-refractivity contribution in [3.63, 3.8) is 0 Å². The second-order valence-corrected chi connectivity index (χ2v) is 2.60. The highest BCUT2D eigenvalue weighted by molar-refractivity contribution is 5.89. The minimum Gasteiger partial charge on any atom is -0.478 e. The monoisotopic (exact) mass is 181 g/mol. The fraction of sp³-hybridized carbons (Fsp3) is 0.222. The van der Waals surface area contributed by atoms with E-state index in [1.807, 2.05) is 0 Å². The van der Waals surface area contributed by atoms with Gasteiger partial charge in [-0.25, -0.2) is 9.90 Å². The van der Waals surface area contributed by atoms with Gasteiger partial charge in [0.25, 0.3) is 0 Å². The fourth-order valence-electron chi connectivity index (χ4n) is 1.05. The van der Waals surface area contributed by atoms with E-state index in [4.69, 9.17) is 10.2 Å². The highest BCUT2D eigenvalue weighted by atomic mass is 16.4. The van der Waals surface area contributed by atoms with E-state index in [2.05, 4.69) is 0 Å². The lowest BCUT2D eigenvalue weighted by Crippen LogP contribution is -2.03. The third-order valence-corrected chi connectivity index (χ3v) is 1.74. The maximum Gasteiger partial charge on any atom is 0.336 e. The summed E-state index contributed by atoms with van der Waals surface area (Å²) in [6.07, 6.45) is 0.